The normalized spacial score (nSPS) is 18.3. The summed E-state index contributed by atoms with van der Waals surface area (Å²) in [5, 5.41) is 8.94. The van der Waals surface area contributed by atoms with Crippen LogP contribution in [0.1, 0.15) is 35.6 Å². The summed E-state index contributed by atoms with van der Waals surface area (Å²) in [5.41, 5.74) is 9.74. The summed E-state index contributed by atoms with van der Waals surface area (Å²) < 4.78 is 0. The van der Waals surface area contributed by atoms with Gasteiger partial charge in [0.15, 0.2) is 0 Å². The van der Waals surface area contributed by atoms with E-state index in [4.69, 9.17) is 10.8 Å². The number of ketones is 1. The van der Waals surface area contributed by atoms with E-state index in [0.29, 0.717) is 11.1 Å². The predicted octanol–water partition coefficient (Wildman–Crippen LogP) is 2.72. The smallest absolute Gasteiger partial charge is 0.303 e. The summed E-state index contributed by atoms with van der Waals surface area (Å²) in [6.07, 6.45) is 0.202. The van der Waals surface area contributed by atoms with Crippen LogP contribution in [-0.2, 0) is 14.4 Å². The monoisotopic (exact) mass is 392 g/mol. The lowest BCUT2D eigenvalue weighted by Gasteiger charge is -2.26. The third-order valence-electron chi connectivity index (χ3n) is 5.12. The van der Waals surface area contributed by atoms with Crippen LogP contribution in [0.5, 0.6) is 0 Å². The van der Waals surface area contributed by atoms with Gasteiger partial charge in [0.2, 0.25) is 5.78 Å². The van der Waals surface area contributed by atoms with E-state index in [1.165, 1.54) is 4.90 Å². The molecule has 29 heavy (non-hydrogen) atoms. The standard InChI is InChI=1S/C23H24N2O4/c1-15-9-11-16(12-10-15)18(14-24)20-21(17-6-3-2-4-7-17)25(23(29)22(20)28)13-5-8-19(26)27/h2-4,6-7,9-12,21H,5,8,13-14,24H2,1H3,(H,26,27). The Morgan fingerprint density at radius 2 is 1.72 bits per heavy atom. The second kappa shape index (κ2) is 8.84. The quantitative estimate of drug-likeness (QED) is 0.557. The molecule has 1 unspecified atom stereocenters. The van der Waals surface area contributed by atoms with Crippen LogP contribution in [0, 0.1) is 6.92 Å². The minimum Gasteiger partial charge on any atom is -0.481 e. The number of carboxylic acid groups (broad SMARTS) is 1. The second-order valence-electron chi connectivity index (χ2n) is 7.10. The summed E-state index contributed by atoms with van der Waals surface area (Å²) in [4.78, 5) is 38.2. The molecule has 1 saturated heterocycles. The van der Waals surface area contributed by atoms with Gasteiger partial charge < -0.3 is 15.7 Å². The maximum Gasteiger partial charge on any atom is 0.303 e. The second-order valence-corrected chi connectivity index (χ2v) is 7.10. The summed E-state index contributed by atoms with van der Waals surface area (Å²) in [6.45, 7) is 2.27. The largest absolute Gasteiger partial charge is 0.481 e. The average Bonchev–Trinajstić information content (AvgIpc) is 2.96. The maximum atomic E-state index is 13.0. The summed E-state index contributed by atoms with van der Waals surface area (Å²) in [7, 11) is 0. The Morgan fingerprint density at radius 3 is 2.31 bits per heavy atom. The molecular formula is C23H24N2O4. The molecule has 0 bridgehead atoms. The minimum absolute atomic E-state index is 0.0692. The van der Waals surface area contributed by atoms with Gasteiger partial charge >= 0.3 is 5.97 Å². The van der Waals surface area contributed by atoms with Crippen molar-refractivity contribution in [2.75, 3.05) is 13.1 Å². The van der Waals surface area contributed by atoms with E-state index in [2.05, 4.69) is 0 Å². The zero-order chi connectivity index (χ0) is 21.0. The van der Waals surface area contributed by atoms with Crippen molar-refractivity contribution in [1.82, 2.24) is 4.90 Å². The molecule has 0 spiro atoms. The molecule has 0 radical (unpaired) electrons. The highest BCUT2D eigenvalue weighted by Gasteiger charge is 2.44. The number of amides is 1. The van der Waals surface area contributed by atoms with Gasteiger partial charge in [-0.05, 0) is 30.0 Å². The van der Waals surface area contributed by atoms with Gasteiger partial charge in [-0.1, -0.05) is 60.2 Å². The van der Waals surface area contributed by atoms with Crippen molar-refractivity contribution in [3.8, 4) is 0 Å². The van der Waals surface area contributed by atoms with Crippen LogP contribution < -0.4 is 5.73 Å². The number of likely N-dealkylation sites (tertiary alicyclic amines) is 1. The number of nitrogens with zero attached hydrogens (tertiary/aromatic N) is 1. The first-order valence-electron chi connectivity index (χ1n) is 9.56. The number of benzene rings is 2. The van der Waals surface area contributed by atoms with Crippen LogP contribution in [0.4, 0.5) is 0 Å². The van der Waals surface area contributed by atoms with E-state index in [9.17, 15) is 14.4 Å². The first kappa shape index (κ1) is 20.5. The molecule has 1 aliphatic heterocycles. The van der Waals surface area contributed by atoms with Gasteiger partial charge in [0, 0.05) is 25.1 Å². The van der Waals surface area contributed by atoms with Crippen molar-refractivity contribution in [3.05, 3.63) is 76.9 Å². The lowest BCUT2D eigenvalue weighted by molar-refractivity contribution is -0.140. The number of nitrogens with two attached hydrogens (primary N) is 1. The molecule has 3 N–H and O–H groups in total. The Bertz CT molecular complexity index is 949. The van der Waals surface area contributed by atoms with Gasteiger partial charge in [0.05, 0.1) is 6.04 Å². The van der Waals surface area contributed by atoms with E-state index in [1.54, 1.807) is 0 Å². The molecular weight excluding hydrogens is 368 g/mol. The summed E-state index contributed by atoms with van der Waals surface area (Å²) in [6, 6.07) is 16.4. The van der Waals surface area contributed by atoms with Crippen LogP contribution in [0.25, 0.3) is 5.57 Å². The number of aliphatic carboxylic acids is 1. The van der Waals surface area contributed by atoms with Gasteiger partial charge in [-0.2, -0.15) is 0 Å². The number of hydrogen-bond donors (Lipinski definition) is 2. The van der Waals surface area contributed by atoms with Crippen LogP contribution in [0.3, 0.4) is 0 Å². The zero-order valence-corrected chi connectivity index (χ0v) is 16.3. The maximum absolute atomic E-state index is 13.0. The van der Waals surface area contributed by atoms with Crippen molar-refractivity contribution < 1.29 is 19.5 Å². The van der Waals surface area contributed by atoms with Gasteiger partial charge in [-0.15, -0.1) is 0 Å². The van der Waals surface area contributed by atoms with Gasteiger partial charge in [0.1, 0.15) is 0 Å². The van der Waals surface area contributed by atoms with Crippen molar-refractivity contribution in [2.24, 2.45) is 5.73 Å². The van der Waals surface area contributed by atoms with Crippen molar-refractivity contribution in [2.45, 2.75) is 25.8 Å². The minimum atomic E-state index is -0.933. The topological polar surface area (TPSA) is 101 Å². The fourth-order valence-corrected chi connectivity index (χ4v) is 3.70. The number of rotatable bonds is 7. The molecule has 0 saturated carbocycles. The third-order valence-corrected chi connectivity index (χ3v) is 5.12. The molecule has 1 fully saturated rings. The average molecular weight is 392 g/mol. The number of carbonyl (C=O) groups excluding carboxylic acids is 2. The third kappa shape index (κ3) is 4.27. The Hall–Kier alpha value is -3.25. The van der Waals surface area contributed by atoms with Crippen molar-refractivity contribution in [3.63, 3.8) is 0 Å². The number of aryl methyl sites for hydroxylation is 1. The molecule has 6 nitrogen and oxygen atoms in total. The molecule has 1 amide bonds. The van der Waals surface area contributed by atoms with E-state index in [1.807, 2.05) is 61.5 Å². The highest BCUT2D eigenvalue weighted by atomic mass is 16.4. The molecule has 1 aliphatic rings. The fraction of sp³-hybridized carbons (Fsp3) is 0.261. The van der Waals surface area contributed by atoms with Crippen molar-refractivity contribution in [1.29, 1.82) is 0 Å². The van der Waals surface area contributed by atoms with Crippen LogP contribution in [0.15, 0.2) is 60.2 Å². The molecule has 1 heterocycles. The Balaban J connectivity index is 2.12. The molecule has 2 aromatic carbocycles. The number of carbonyl (C=O) groups is 3. The number of carboxylic acids is 1. The SMILES string of the molecule is Cc1ccc(C(CN)=C2C(=O)C(=O)N(CCCC(=O)O)C2c2ccccc2)cc1. The van der Waals surface area contributed by atoms with Crippen LogP contribution >= 0.6 is 0 Å². The fourth-order valence-electron chi connectivity index (χ4n) is 3.70. The Kier molecular flexibility index (Phi) is 6.24. The van der Waals surface area contributed by atoms with Crippen LogP contribution in [-0.4, -0.2) is 40.8 Å². The highest BCUT2D eigenvalue weighted by molar-refractivity contribution is 6.47. The first-order valence-corrected chi connectivity index (χ1v) is 9.56. The van der Waals surface area contributed by atoms with E-state index in [-0.39, 0.29) is 25.9 Å². The van der Waals surface area contributed by atoms with Gasteiger partial charge in [0.25, 0.3) is 5.91 Å². The van der Waals surface area contributed by atoms with E-state index >= 15 is 0 Å². The molecule has 2 aromatic rings. The van der Waals surface area contributed by atoms with Crippen molar-refractivity contribution >= 4 is 23.2 Å². The highest BCUT2D eigenvalue weighted by Crippen LogP contribution is 2.39. The number of Topliss-reactive ketones (excluding diaryl/α,β-unsaturated/α-hetero) is 1. The lowest BCUT2D eigenvalue weighted by Crippen LogP contribution is -2.31. The van der Waals surface area contributed by atoms with E-state index < -0.39 is 23.7 Å². The molecule has 150 valence electrons. The Labute approximate surface area is 169 Å². The van der Waals surface area contributed by atoms with Gasteiger partial charge in [-0.25, -0.2) is 0 Å². The molecule has 1 atom stereocenters. The van der Waals surface area contributed by atoms with Crippen LogP contribution in [0.2, 0.25) is 0 Å². The molecule has 0 aromatic heterocycles. The lowest BCUT2D eigenvalue weighted by atomic mass is 9.90. The van der Waals surface area contributed by atoms with Gasteiger partial charge in [-0.3, -0.25) is 14.4 Å². The first-order chi connectivity index (χ1) is 13.9. The summed E-state index contributed by atoms with van der Waals surface area (Å²) >= 11 is 0. The molecule has 6 heteroatoms. The van der Waals surface area contributed by atoms with E-state index in [0.717, 1.165) is 16.7 Å². The zero-order valence-electron chi connectivity index (χ0n) is 16.3. The molecule has 0 aliphatic carbocycles. The number of hydrogen-bond acceptors (Lipinski definition) is 4. The molecule has 3 rings (SSSR count). The summed E-state index contributed by atoms with van der Waals surface area (Å²) in [5.74, 6) is -2.12. The Morgan fingerprint density at radius 1 is 1.07 bits per heavy atom. The predicted molar refractivity (Wildman–Crippen MR) is 110 cm³/mol.